The molecular formula is C23H18N4O3S2. The molecular weight excluding hydrogens is 444 g/mol. The molecule has 0 aliphatic rings. The van der Waals surface area contributed by atoms with Gasteiger partial charge in [-0.3, -0.25) is 4.79 Å². The summed E-state index contributed by atoms with van der Waals surface area (Å²) in [5.74, 6) is 0.617. The molecule has 0 spiro atoms. The highest BCUT2D eigenvalue weighted by Crippen LogP contribution is 2.32. The summed E-state index contributed by atoms with van der Waals surface area (Å²) in [6.45, 7) is 3.86. The molecule has 0 saturated heterocycles. The molecule has 0 bridgehead atoms. The summed E-state index contributed by atoms with van der Waals surface area (Å²) in [5, 5.41) is 11.7. The molecule has 5 aromatic rings. The molecule has 3 heterocycles. The largest absolute Gasteiger partial charge is 0.459 e. The van der Waals surface area contributed by atoms with Crippen LogP contribution in [0.5, 0.6) is 0 Å². The molecule has 3 aromatic heterocycles. The van der Waals surface area contributed by atoms with Crippen LogP contribution in [-0.2, 0) is 4.79 Å². The topological polar surface area (TPSA) is 94.1 Å². The summed E-state index contributed by atoms with van der Waals surface area (Å²) in [6, 6.07) is 17.4. The van der Waals surface area contributed by atoms with E-state index in [0.29, 0.717) is 16.7 Å². The zero-order valence-corrected chi connectivity index (χ0v) is 18.9. The maximum Gasteiger partial charge on any atom is 0.284 e. The number of fused-ring (bicyclic) bond motifs is 1. The highest BCUT2D eigenvalue weighted by atomic mass is 32.2. The number of carbonyl (C=O) groups excluding carboxylic acids is 1. The summed E-state index contributed by atoms with van der Waals surface area (Å²) < 4.78 is 12.0. The minimum Gasteiger partial charge on any atom is -0.459 e. The number of benzene rings is 2. The van der Waals surface area contributed by atoms with Gasteiger partial charge in [0.05, 0.1) is 21.7 Å². The summed E-state index contributed by atoms with van der Waals surface area (Å²) in [6.07, 6.45) is 1.53. The van der Waals surface area contributed by atoms with E-state index in [9.17, 15) is 4.79 Å². The van der Waals surface area contributed by atoms with Gasteiger partial charge >= 0.3 is 0 Å². The van der Waals surface area contributed by atoms with Crippen LogP contribution in [0.2, 0.25) is 0 Å². The summed E-state index contributed by atoms with van der Waals surface area (Å²) >= 11 is 2.85. The SMILES string of the molecule is Cc1ccc2nc(-c3ccc(NC(=O)[C@H](C)Sc4nnc(-c5ccco5)o4)cc3)sc2c1. The van der Waals surface area contributed by atoms with E-state index >= 15 is 0 Å². The van der Waals surface area contributed by atoms with Crippen LogP contribution in [0.25, 0.3) is 32.4 Å². The smallest absolute Gasteiger partial charge is 0.284 e. The van der Waals surface area contributed by atoms with Gasteiger partial charge in [0.1, 0.15) is 5.01 Å². The Bertz CT molecular complexity index is 1370. The Morgan fingerprint density at radius 2 is 1.97 bits per heavy atom. The highest BCUT2D eigenvalue weighted by Gasteiger charge is 2.19. The first-order chi connectivity index (χ1) is 15.5. The van der Waals surface area contributed by atoms with Gasteiger partial charge in [-0.05, 0) is 67.9 Å². The molecule has 5 rings (SSSR count). The third kappa shape index (κ3) is 4.30. The number of aromatic nitrogens is 3. The number of hydrogen-bond acceptors (Lipinski definition) is 8. The number of hydrogen-bond donors (Lipinski definition) is 1. The molecule has 0 aliphatic heterocycles. The Kier molecular flexibility index (Phi) is 5.50. The van der Waals surface area contributed by atoms with Crippen molar-refractivity contribution in [3.8, 4) is 22.2 Å². The number of carbonyl (C=O) groups is 1. The lowest BCUT2D eigenvalue weighted by molar-refractivity contribution is -0.115. The maximum absolute atomic E-state index is 12.6. The number of nitrogens with zero attached hydrogens (tertiary/aromatic N) is 3. The first-order valence-corrected chi connectivity index (χ1v) is 11.6. The van der Waals surface area contributed by atoms with Crippen molar-refractivity contribution in [3.63, 3.8) is 0 Å². The molecule has 160 valence electrons. The van der Waals surface area contributed by atoms with Crippen LogP contribution < -0.4 is 5.32 Å². The molecule has 0 saturated carbocycles. The average Bonchev–Trinajstić information content (AvgIpc) is 3.54. The van der Waals surface area contributed by atoms with E-state index in [1.807, 2.05) is 30.3 Å². The Balaban J connectivity index is 1.23. The first-order valence-electron chi connectivity index (χ1n) is 9.88. The normalized spacial score (nSPS) is 12.2. The Hall–Kier alpha value is -3.43. The average molecular weight is 463 g/mol. The van der Waals surface area contributed by atoms with Crippen LogP contribution in [-0.4, -0.2) is 26.3 Å². The van der Waals surface area contributed by atoms with Crippen molar-refractivity contribution in [2.75, 3.05) is 5.32 Å². The fraction of sp³-hybridized carbons (Fsp3) is 0.130. The van der Waals surface area contributed by atoms with Crippen LogP contribution in [0.15, 0.2) is 74.9 Å². The van der Waals surface area contributed by atoms with Crippen molar-refractivity contribution in [1.29, 1.82) is 0 Å². The fourth-order valence-electron chi connectivity index (χ4n) is 3.06. The van der Waals surface area contributed by atoms with Gasteiger partial charge < -0.3 is 14.2 Å². The second kappa shape index (κ2) is 8.60. The van der Waals surface area contributed by atoms with E-state index < -0.39 is 5.25 Å². The molecule has 9 heteroatoms. The third-order valence-corrected chi connectivity index (χ3v) is 6.73. The summed E-state index contributed by atoms with van der Waals surface area (Å²) in [5.41, 5.74) is 3.94. The number of thioether (sulfide) groups is 1. The molecule has 2 aromatic carbocycles. The second-order valence-corrected chi connectivity index (χ2v) is 9.49. The molecule has 1 amide bonds. The van der Waals surface area contributed by atoms with Crippen molar-refractivity contribution >= 4 is 44.9 Å². The van der Waals surface area contributed by atoms with Crippen molar-refractivity contribution in [2.24, 2.45) is 0 Å². The Morgan fingerprint density at radius 3 is 2.75 bits per heavy atom. The fourth-order valence-corrected chi connectivity index (χ4v) is 4.81. The van der Waals surface area contributed by atoms with Crippen LogP contribution >= 0.6 is 23.1 Å². The zero-order valence-electron chi connectivity index (χ0n) is 17.2. The van der Waals surface area contributed by atoms with E-state index in [-0.39, 0.29) is 11.8 Å². The van der Waals surface area contributed by atoms with Crippen LogP contribution in [0, 0.1) is 6.92 Å². The summed E-state index contributed by atoms with van der Waals surface area (Å²) in [4.78, 5) is 17.3. The van der Waals surface area contributed by atoms with Gasteiger partial charge in [0, 0.05) is 11.3 Å². The van der Waals surface area contributed by atoms with Gasteiger partial charge in [-0.25, -0.2) is 4.98 Å². The number of nitrogens with one attached hydrogen (secondary N) is 1. The lowest BCUT2D eigenvalue weighted by Crippen LogP contribution is -2.22. The van der Waals surface area contributed by atoms with Gasteiger partial charge in [0.2, 0.25) is 5.91 Å². The quantitative estimate of drug-likeness (QED) is 0.308. The van der Waals surface area contributed by atoms with Gasteiger partial charge in [-0.2, -0.15) is 0 Å². The minimum atomic E-state index is -0.424. The van der Waals surface area contributed by atoms with Crippen LogP contribution in [0.1, 0.15) is 12.5 Å². The van der Waals surface area contributed by atoms with Crippen molar-refractivity contribution in [1.82, 2.24) is 15.2 Å². The molecule has 32 heavy (non-hydrogen) atoms. The van der Waals surface area contributed by atoms with E-state index in [1.54, 1.807) is 30.4 Å². The first kappa shape index (κ1) is 20.5. The lowest BCUT2D eigenvalue weighted by Gasteiger charge is -2.10. The molecule has 7 nitrogen and oxygen atoms in total. The lowest BCUT2D eigenvalue weighted by atomic mass is 10.2. The van der Waals surface area contributed by atoms with Gasteiger partial charge in [0.25, 0.3) is 11.1 Å². The van der Waals surface area contributed by atoms with Crippen molar-refractivity contribution in [2.45, 2.75) is 24.3 Å². The Morgan fingerprint density at radius 1 is 1.12 bits per heavy atom. The number of rotatable bonds is 6. The van der Waals surface area contributed by atoms with Crippen LogP contribution in [0.4, 0.5) is 5.69 Å². The minimum absolute atomic E-state index is 0.157. The molecule has 1 N–H and O–H groups in total. The number of amides is 1. The van der Waals surface area contributed by atoms with E-state index in [2.05, 4.69) is 34.6 Å². The summed E-state index contributed by atoms with van der Waals surface area (Å²) in [7, 11) is 0. The third-order valence-electron chi connectivity index (χ3n) is 4.73. The molecule has 0 aliphatic carbocycles. The van der Waals surface area contributed by atoms with Crippen molar-refractivity contribution < 1.29 is 13.6 Å². The molecule has 0 radical (unpaired) electrons. The van der Waals surface area contributed by atoms with Gasteiger partial charge in [-0.1, -0.05) is 17.8 Å². The number of furan rings is 1. The monoisotopic (exact) mass is 462 g/mol. The Labute approximate surface area is 191 Å². The molecule has 0 unspecified atom stereocenters. The van der Waals surface area contributed by atoms with Gasteiger partial charge in [-0.15, -0.1) is 21.5 Å². The predicted molar refractivity (Wildman–Crippen MR) is 126 cm³/mol. The maximum atomic E-state index is 12.6. The molecule has 1 atom stereocenters. The highest BCUT2D eigenvalue weighted by molar-refractivity contribution is 8.00. The van der Waals surface area contributed by atoms with Crippen LogP contribution in [0.3, 0.4) is 0 Å². The van der Waals surface area contributed by atoms with E-state index in [1.165, 1.54) is 28.3 Å². The number of thiazole rings is 1. The zero-order chi connectivity index (χ0) is 22.1. The predicted octanol–water partition coefficient (Wildman–Crippen LogP) is 6.03. The van der Waals surface area contributed by atoms with E-state index in [4.69, 9.17) is 13.8 Å². The van der Waals surface area contributed by atoms with Gasteiger partial charge in [0.15, 0.2) is 5.76 Å². The standard InChI is InChI=1S/C23H18N4O3S2/c1-13-5-10-17-19(12-13)32-22(25-17)15-6-8-16(9-7-15)24-20(28)14(2)31-23-27-26-21(30-23)18-4-3-11-29-18/h3-12,14H,1-2H3,(H,24,28)/t14-/m0/s1. The second-order valence-electron chi connectivity index (χ2n) is 7.17. The molecule has 0 fully saturated rings. The number of aryl methyl sites for hydroxylation is 1. The van der Waals surface area contributed by atoms with Crippen molar-refractivity contribution in [3.05, 3.63) is 66.4 Å². The van der Waals surface area contributed by atoms with E-state index in [0.717, 1.165) is 16.1 Å². The number of anilines is 1.